The summed E-state index contributed by atoms with van der Waals surface area (Å²) >= 11 is 0. The Morgan fingerprint density at radius 1 is 1.82 bits per heavy atom. The molecule has 1 aromatic heterocycles. The van der Waals surface area contributed by atoms with E-state index in [-0.39, 0.29) is 5.78 Å². The summed E-state index contributed by atoms with van der Waals surface area (Å²) < 4.78 is 1.58. The minimum Gasteiger partial charge on any atom is -0.321 e. The molecule has 0 aliphatic heterocycles. The molecule has 2 N–H and O–H groups in total. The molecule has 1 atom stereocenters. The van der Waals surface area contributed by atoms with Crippen molar-refractivity contribution in [1.29, 1.82) is 0 Å². The van der Waals surface area contributed by atoms with Crippen LogP contribution >= 0.6 is 0 Å². The molecule has 0 unspecified atom stereocenters. The largest absolute Gasteiger partial charge is 0.321 e. The van der Waals surface area contributed by atoms with Crippen molar-refractivity contribution < 1.29 is 4.79 Å². The number of Topliss-reactive ketones (excluding diaryl/α,β-unsaturated/α-hetero) is 1. The Balaban J connectivity index is 2.85. The lowest BCUT2D eigenvalue weighted by atomic mass is 10.2. The summed E-state index contributed by atoms with van der Waals surface area (Å²) in [5, 5.41) is 3.92. The summed E-state index contributed by atoms with van der Waals surface area (Å²) in [4.78, 5) is 11.2. The lowest BCUT2D eigenvalue weighted by Crippen LogP contribution is -2.27. The van der Waals surface area contributed by atoms with E-state index in [1.165, 1.54) is 0 Å². The molecule has 0 aliphatic carbocycles. The molecule has 0 aliphatic rings. The van der Waals surface area contributed by atoms with Gasteiger partial charge in [-0.05, 0) is 13.0 Å². The van der Waals surface area contributed by atoms with Crippen LogP contribution in [-0.4, -0.2) is 21.6 Å². The quantitative estimate of drug-likeness (QED) is 0.606. The Hall–Kier alpha value is -1.16. The Morgan fingerprint density at radius 3 is 2.82 bits per heavy atom. The van der Waals surface area contributed by atoms with Gasteiger partial charge in [0.15, 0.2) is 5.78 Å². The number of hydrogen-bond donors (Lipinski definition) is 1. The van der Waals surface area contributed by atoms with E-state index in [1.54, 1.807) is 30.9 Å². The lowest BCUT2D eigenvalue weighted by molar-refractivity contribution is 0.0962. The smallest absolute Gasteiger partial charge is 0.199 e. The summed E-state index contributed by atoms with van der Waals surface area (Å²) in [6, 6.07) is 1.19. The SMILES string of the molecule is C[C@H](N)C(=O)c1ccn(C)n1. The topological polar surface area (TPSA) is 60.9 Å². The highest BCUT2D eigenvalue weighted by Gasteiger charge is 2.12. The lowest BCUT2D eigenvalue weighted by Gasteiger charge is -1.98. The Labute approximate surface area is 65.0 Å². The maximum Gasteiger partial charge on any atom is 0.199 e. The Morgan fingerprint density at radius 2 is 2.45 bits per heavy atom. The maximum atomic E-state index is 11.2. The fraction of sp³-hybridized carbons (Fsp3) is 0.429. The third kappa shape index (κ3) is 1.65. The van der Waals surface area contributed by atoms with Gasteiger partial charge in [-0.3, -0.25) is 9.48 Å². The minimum absolute atomic E-state index is 0.120. The van der Waals surface area contributed by atoms with Gasteiger partial charge in [0.05, 0.1) is 6.04 Å². The predicted molar refractivity (Wildman–Crippen MR) is 41.2 cm³/mol. The van der Waals surface area contributed by atoms with Crippen molar-refractivity contribution in [2.24, 2.45) is 12.8 Å². The number of carbonyl (C=O) groups excluding carboxylic acids is 1. The van der Waals surface area contributed by atoms with Crippen molar-refractivity contribution in [2.45, 2.75) is 13.0 Å². The number of rotatable bonds is 2. The second kappa shape index (κ2) is 2.84. The molecular formula is C7H11N3O. The highest BCUT2D eigenvalue weighted by Crippen LogP contribution is 1.97. The van der Waals surface area contributed by atoms with Gasteiger partial charge in [-0.15, -0.1) is 0 Å². The normalized spacial score (nSPS) is 13.0. The van der Waals surface area contributed by atoms with Crippen LogP contribution in [0.3, 0.4) is 0 Å². The molecule has 0 radical (unpaired) electrons. The minimum atomic E-state index is -0.468. The van der Waals surface area contributed by atoms with Gasteiger partial charge in [-0.1, -0.05) is 0 Å². The molecule has 1 rings (SSSR count). The molecule has 0 aromatic carbocycles. The molecule has 1 aromatic rings. The summed E-state index contributed by atoms with van der Waals surface area (Å²) in [7, 11) is 1.76. The molecule has 60 valence electrons. The van der Waals surface area contributed by atoms with Gasteiger partial charge in [0.2, 0.25) is 0 Å². The third-order valence-electron chi connectivity index (χ3n) is 1.38. The van der Waals surface area contributed by atoms with E-state index in [0.29, 0.717) is 5.69 Å². The summed E-state index contributed by atoms with van der Waals surface area (Å²) in [6.45, 7) is 1.65. The van der Waals surface area contributed by atoms with Gasteiger partial charge in [0.1, 0.15) is 5.69 Å². The first kappa shape index (κ1) is 7.94. The van der Waals surface area contributed by atoms with E-state index in [4.69, 9.17) is 5.73 Å². The fourth-order valence-electron chi connectivity index (χ4n) is 0.780. The molecule has 1 heterocycles. The maximum absolute atomic E-state index is 11.2. The van der Waals surface area contributed by atoms with Crippen molar-refractivity contribution in [3.05, 3.63) is 18.0 Å². The monoisotopic (exact) mass is 153 g/mol. The first-order chi connectivity index (χ1) is 5.11. The highest BCUT2D eigenvalue weighted by atomic mass is 16.1. The summed E-state index contributed by atoms with van der Waals surface area (Å²) in [5.41, 5.74) is 5.81. The van der Waals surface area contributed by atoms with Crippen LogP contribution in [-0.2, 0) is 7.05 Å². The summed E-state index contributed by atoms with van der Waals surface area (Å²) in [6.07, 6.45) is 1.72. The number of hydrogen-bond acceptors (Lipinski definition) is 3. The van der Waals surface area contributed by atoms with Crippen LogP contribution in [0.25, 0.3) is 0 Å². The molecule has 0 spiro atoms. The van der Waals surface area contributed by atoms with Crippen molar-refractivity contribution in [3.63, 3.8) is 0 Å². The number of nitrogens with two attached hydrogens (primary N) is 1. The van der Waals surface area contributed by atoms with Gasteiger partial charge in [-0.25, -0.2) is 0 Å². The zero-order valence-corrected chi connectivity index (χ0v) is 6.61. The van der Waals surface area contributed by atoms with E-state index >= 15 is 0 Å². The van der Waals surface area contributed by atoms with Gasteiger partial charge < -0.3 is 5.73 Å². The molecule has 0 amide bonds. The zero-order valence-electron chi connectivity index (χ0n) is 6.61. The van der Waals surface area contributed by atoms with Crippen LogP contribution in [0.15, 0.2) is 12.3 Å². The number of carbonyl (C=O) groups is 1. The first-order valence-corrected chi connectivity index (χ1v) is 3.40. The molecule has 0 saturated carbocycles. The number of aromatic nitrogens is 2. The second-order valence-electron chi connectivity index (χ2n) is 2.53. The number of aryl methyl sites for hydroxylation is 1. The van der Waals surface area contributed by atoms with Crippen LogP contribution < -0.4 is 5.73 Å². The van der Waals surface area contributed by atoms with Gasteiger partial charge in [-0.2, -0.15) is 5.10 Å². The molecular weight excluding hydrogens is 142 g/mol. The fourth-order valence-corrected chi connectivity index (χ4v) is 0.780. The van der Waals surface area contributed by atoms with E-state index in [1.807, 2.05) is 0 Å². The predicted octanol–water partition coefficient (Wildman–Crippen LogP) is -0.0500. The molecule has 4 nitrogen and oxygen atoms in total. The van der Waals surface area contributed by atoms with Gasteiger partial charge >= 0.3 is 0 Å². The molecule has 4 heteroatoms. The highest BCUT2D eigenvalue weighted by molar-refractivity contribution is 5.97. The zero-order chi connectivity index (χ0) is 8.43. The van der Waals surface area contributed by atoms with Crippen molar-refractivity contribution in [3.8, 4) is 0 Å². The Kier molecular flexibility index (Phi) is 2.05. The van der Waals surface area contributed by atoms with E-state index in [2.05, 4.69) is 5.10 Å². The van der Waals surface area contributed by atoms with Crippen LogP contribution in [0.5, 0.6) is 0 Å². The van der Waals surface area contributed by atoms with Crippen LogP contribution in [0.4, 0.5) is 0 Å². The van der Waals surface area contributed by atoms with Crippen molar-refractivity contribution in [1.82, 2.24) is 9.78 Å². The molecule has 0 fully saturated rings. The van der Waals surface area contributed by atoms with Crippen molar-refractivity contribution in [2.75, 3.05) is 0 Å². The number of ketones is 1. The van der Waals surface area contributed by atoms with Gasteiger partial charge in [0, 0.05) is 13.2 Å². The van der Waals surface area contributed by atoms with Crippen LogP contribution in [0.1, 0.15) is 17.4 Å². The first-order valence-electron chi connectivity index (χ1n) is 3.40. The number of nitrogens with zero attached hydrogens (tertiary/aromatic N) is 2. The molecule has 11 heavy (non-hydrogen) atoms. The van der Waals surface area contributed by atoms with Crippen LogP contribution in [0, 0.1) is 0 Å². The van der Waals surface area contributed by atoms with Gasteiger partial charge in [0.25, 0.3) is 0 Å². The van der Waals surface area contributed by atoms with Crippen LogP contribution in [0.2, 0.25) is 0 Å². The molecule has 0 saturated heterocycles. The average Bonchev–Trinajstić information content (AvgIpc) is 2.34. The third-order valence-corrected chi connectivity index (χ3v) is 1.38. The van der Waals surface area contributed by atoms with E-state index in [9.17, 15) is 4.79 Å². The van der Waals surface area contributed by atoms with E-state index in [0.717, 1.165) is 0 Å². The average molecular weight is 153 g/mol. The Bertz CT molecular complexity index is 264. The van der Waals surface area contributed by atoms with E-state index < -0.39 is 6.04 Å². The second-order valence-corrected chi connectivity index (χ2v) is 2.53. The summed E-state index contributed by atoms with van der Waals surface area (Å²) in [5.74, 6) is -0.120. The van der Waals surface area contributed by atoms with Crippen molar-refractivity contribution >= 4 is 5.78 Å². The molecule has 0 bridgehead atoms. The standard InChI is InChI=1S/C7H11N3O/c1-5(8)7(11)6-3-4-10(2)9-6/h3-5H,8H2,1-2H3/t5-/m0/s1.